The Hall–Kier alpha value is -1.84. The van der Waals surface area contributed by atoms with Crippen molar-refractivity contribution in [2.24, 2.45) is 5.18 Å². The molecule has 2 rings (SSSR count). The minimum Gasteiger partial charge on any atom is -0.218 e. The highest BCUT2D eigenvalue weighted by molar-refractivity contribution is 5.80. The van der Waals surface area contributed by atoms with E-state index >= 15 is 0 Å². The van der Waals surface area contributed by atoms with Crippen LogP contribution in [0.2, 0.25) is 0 Å². The van der Waals surface area contributed by atoms with Gasteiger partial charge in [-0.3, -0.25) is 0 Å². The number of hydrogen-bond donors (Lipinski definition) is 0. The maximum atomic E-state index is 12.9. The number of rotatable bonds is 1. The molecule has 0 aliphatic carbocycles. The Morgan fingerprint density at radius 1 is 1.31 bits per heavy atom. The van der Waals surface area contributed by atoms with Gasteiger partial charge in [0, 0.05) is 5.39 Å². The summed E-state index contributed by atoms with van der Waals surface area (Å²) in [5, 5.41) is 3.24. The molecule has 13 heavy (non-hydrogen) atoms. The molecule has 1 aromatic carbocycles. The Morgan fingerprint density at radius 3 is 2.85 bits per heavy atom. The fourth-order valence-corrected chi connectivity index (χ4v) is 1.15. The predicted octanol–water partition coefficient (Wildman–Crippen LogP) is 2.77. The second-order valence-electron chi connectivity index (χ2n) is 2.58. The summed E-state index contributed by atoms with van der Waals surface area (Å²) >= 11 is 0. The summed E-state index contributed by atoms with van der Waals surface area (Å²) < 4.78 is 12.9. The molecule has 0 saturated carbocycles. The van der Waals surface area contributed by atoms with Gasteiger partial charge in [0.05, 0.1) is 5.52 Å². The van der Waals surface area contributed by atoms with E-state index in [1.165, 1.54) is 6.07 Å². The zero-order valence-electron chi connectivity index (χ0n) is 6.57. The van der Waals surface area contributed by atoms with Crippen LogP contribution in [0.4, 0.5) is 10.1 Å². The molecule has 0 amide bonds. The third-order valence-corrected chi connectivity index (χ3v) is 1.76. The first-order valence-corrected chi connectivity index (χ1v) is 3.70. The van der Waals surface area contributed by atoms with Gasteiger partial charge in [0.2, 0.25) is 5.95 Å². The van der Waals surface area contributed by atoms with Gasteiger partial charge < -0.3 is 0 Å². The van der Waals surface area contributed by atoms with E-state index in [9.17, 15) is 9.30 Å². The summed E-state index contributed by atoms with van der Waals surface area (Å²) in [6.45, 7) is 0. The Morgan fingerprint density at radius 2 is 2.08 bits per heavy atom. The predicted molar refractivity (Wildman–Crippen MR) is 47.2 cm³/mol. The number of benzene rings is 1. The summed E-state index contributed by atoms with van der Waals surface area (Å²) in [5.74, 6) is -0.825. The molecule has 1 aromatic heterocycles. The lowest BCUT2D eigenvalue weighted by atomic mass is 10.2. The van der Waals surface area contributed by atoms with Crippen LogP contribution in [0.5, 0.6) is 0 Å². The van der Waals surface area contributed by atoms with Crippen molar-refractivity contribution >= 4 is 16.6 Å². The van der Waals surface area contributed by atoms with E-state index in [-0.39, 0.29) is 5.69 Å². The van der Waals surface area contributed by atoms with Crippen LogP contribution < -0.4 is 0 Å². The minimum atomic E-state index is -0.825. The Labute approximate surface area is 73.2 Å². The van der Waals surface area contributed by atoms with Crippen molar-refractivity contribution < 1.29 is 4.39 Å². The van der Waals surface area contributed by atoms with E-state index in [0.717, 1.165) is 0 Å². The zero-order chi connectivity index (χ0) is 9.26. The fraction of sp³-hybridized carbons (Fsp3) is 0. The largest absolute Gasteiger partial charge is 0.242 e. The van der Waals surface area contributed by atoms with Crippen molar-refractivity contribution in [3.05, 3.63) is 41.2 Å². The number of nitrogens with zero attached hydrogens (tertiary/aromatic N) is 2. The number of pyridine rings is 1. The standard InChI is InChI=1S/C9H5FN2O/c10-9-8(12-13)5-6-3-1-2-4-7(6)11-9/h1-5H. The molecule has 2 aromatic rings. The van der Waals surface area contributed by atoms with Crippen molar-refractivity contribution in [2.75, 3.05) is 0 Å². The summed E-state index contributed by atoms with van der Waals surface area (Å²) in [7, 11) is 0. The summed E-state index contributed by atoms with van der Waals surface area (Å²) in [6, 6.07) is 8.34. The van der Waals surface area contributed by atoms with E-state index in [1.54, 1.807) is 24.3 Å². The van der Waals surface area contributed by atoms with Gasteiger partial charge in [-0.15, -0.1) is 4.91 Å². The summed E-state index contributed by atoms with van der Waals surface area (Å²) in [6.07, 6.45) is 0. The number of fused-ring (bicyclic) bond motifs is 1. The average Bonchev–Trinajstić information content (AvgIpc) is 2.17. The molecule has 0 spiro atoms. The molecule has 0 atom stereocenters. The Balaban J connectivity index is 2.81. The van der Waals surface area contributed by atoms with Crippen LogP contribution >= 0.6 is 0 Å². The molecule has 64 valence electrons. The van der Waals surface area contributed by atoms with Gasteiger partial charge in [-0.1, -0.05) is 18.2 Å². The smallest absolute Gasteiger partial charge is 0.218 e. The average molecular weight is 176 g/mol. The SMILES string of the molecule is O=Nc1cc2ccccc2nc1F. The van der Waals surface area contributed by atoms with Crippen LogP contribution in [0, 0.1) is 10.9 Å². The molecule has 0 unspecified atom stereocenters. The van der Waals surface area contributed by atoms with Gasteiger partial charge in [0.25, 0.3) is 0 Å². The third-order valence-electron chi connectivity index (χ3n) is 1.76. The third kappa shape index (κ3) is 1.26. The first kappa shape index (κ1) is 7.79. The van der Waals surface area contributed by atoms with E-state index in [0.29, 0.717) is 10.9 Å². The molecule has 0 bridgehead atoms. The van der Waals surface area contributed by atoms with E-state index in [4.69, 9.17) is 0 Å². The van der Waals surface area contributed by atoms with Gasteiger partial charge >= 0.3 is 0 Å². The van der Waals surface area contributed by atoms with Crippen molar-refractivity contribution in [3.63, 3.8) is 0 Å². The van der Waals surface area contributed by atoms with Gasteiger partial charge in [-0.05, 0) is 17.3 Å². The molecule has 0 aliphatic heterocycles. The quantitative estimate of drug-likeness (QED) is 0.495. The van der Waals surface area contributed by atoms with Crippen molar-refractivity contribution in [2.45, 2.75) is 0 Å². The molecular weight excluding hydrogens is 171 g/mol. The highest BCUT2D eigenvalue weighted by Crippen LogP contribution is 2.21. The zero-order valence-corrected chi connectivity index (χ0v) is 6.57. The molecule has 0 fully saturated rings. The monoisotopic (exact) mass is 176 g/mol. The van der Waals surface area contributed by atoms with E-state index in [1.807, 2.05) is 0 Å². The molecule has 0 N–H and O–H groups in total. The van der Waals surface area contributed by atoms with Gasteiger partial charge in [-0.25, -0.2) is 4.98 Å². The highest BCUT2D eigenvalue weighted by atomic mass is 19.1. The first-order valence-electron chi connectivity index (χ1n) is 3.70. The van der Waals surface area contributed by atoms with Crippen LogP contribution in [0.15, 0.2) is 35.5 Å². The van der Waals surface area contributed by atoms with Crippen LogP contribution in [-0.2, 0) is 0 Å². The lowest BCUT2D eigenvalue weighted by molar-refractivity contribution is 0.591. The van der Waals surface area contributed by atoms with Crippen LogP contribution in [0.3, 0.4) is 0 Å². The Bertz CT molecular complexity index is 470. The first-order chi connectivity index (χ1) is 6.31. The number of halogens is 1. The van der Waals surface area contributed by atoms with Gasteiger partial charge in [0.1, 0.15) is 0 Å². The van der Waals surface area contributed by atoms with E-state index < -0.39 is 5.95 Å². The number of para-hydroxylation sites is 1. The topological polar surface area (TPSA) is 42.3 Å². The number of nitroso groups, excluding NO2 is 1. The number of hydrogen-bond acceptors (Lipinski definition) is 3. The molecule has 0 aliphatic rings. The van der Waals surface area contributed by atoms with Crippen LogP contribution in [0.25, 0.3) is 10.9 Å². The van der Waals surface area contributed by atoms with Gasteiger partial charge in [0.15, 0.2) is 5.69 Å². The van der Waals surface area contributed by atoms with Crippen molar-refractivity contribution in [3.8, 4) is 0 Å². The highest BCUT2D eigenvalue weighted by Gasteiger charge is 2.05. The molecule has 3 nitrogen and oxygen atoms in total. The van der Waals surface area contributed by atoms with Crippen LogP contribution in [-0.4, -0.2) is 4.98 Å². The summed E-state index contributed by atoms with van der Waals surface area (Å²) in [5.41, 5.74) is 0.270. The molecule has 1 heterocycles. The van der Waals surface area contributed by atoms with Crippen LogP contribution in [0.1, 0.15) is 0 Å². The molecule has 0 radical (unpaired) electrons. The minimum absolute atomic E-state index is 0.251. The second-order valence-corrected chi connectivity index (χ2v) is 2.58. The summed E-state index contributed by atoms with van der Waals surface area (Å²) in [4.78, 5) is 13.7. The molecule has 0 saturated heterocycles. The second kappa shape index (κ2) is 2.90. The maximum absolute atomic E-state index is 12.9. The Kier molecular flexibility index (Phi) is 1.73. The maximum Gasteiger partial charge on any atom is 0.242 e. The lowest BCUT2D eigenvalue weighted by Gasteiger charge is -1.97. The van der Waals surface area contributed by atoms with Gasteiger partial charge in [-0.2, -0.15) is 4.39 Å². The lowest BCUT2D eigenvalue weighted by Crippen LogP contribution is -1.84. The molecular formula is C9H5FN2O. The normalized spacial score (nSPS) is 10.2. The fourth-order valence-electron chi connectivity index (χ4n) is 1.15. The van der Waals surface area contributed by atoms with Crippen molar-refractivity contribution in [1.82, 2.24) is 4.98 Å². The number of aromatic nitrogens is 1. The molecule has 4 heteroatoms. The van der Waals surface area contributed by atoms with Crippen molar-refractivity contribution in [1.29, 1.82) is 0 Å². The van der Waals surface area contributed by atoms with E-state index in [2.05, 4.69) is 10.2 Å².